The quantitative estimate of drug-likeness (QED) is 0.743. The van der Waals surface area contributed by atoms with Gasteiger partial charge in [0.15, 0.2) is 0 Å². The fraction of sp³-hybridized carbons (Fsp3) is 0.769. The fourth-order valence-electron chi connectivity index (χ4n) is 2.58. The van der Waals surface area contributed by atoms with Crippen LogP contribution < -0.4 is 0 Å². The summed E-state index contributed by atoms with van der Waals surface area (Å²) in [5.41, 5.74) is 2.54. The van der Waals surface area contributed by atoms with Gasteiger partial charge in [-0.25, -0.2) is 0 Å². The summed E-state index contributed by atoms with van der Waals surface area (Å²) in [6, 6.07) is 0. The van der Waals surface area contributed by atoms with Crippen molar-refractivity contribution >= 4 is 0 Å². The second-order valence-corrected chi connectivity index (χ2v) is 5.42. The third-order valence-electron chi connectivity index (χ3n) is 3.97. The summed E-state index contributed by atoms with van der Waals surface area (Å²) in [5, 5.41) is 26.6. The minimum atomic E-state index is -0.880. The lowest BCUT2D eigenvalue weighted by Crippen LogP contribution is -2.34. The summed E-state index contributed by atoms with van der Waals surface area (Å²) in [7, 11) is 0. The molecular formula is C13H23N3O2. The van der Waals surface area contributed by atoms with Crippen molar-refractivity contribution in [2.45, 2.75) is 45.3 Å². The number of rotatable bonds is 3. The van der Waals surface area contributed by atoms with E-state index in [2.05, 4.69) is 15.1 Å². The Morgan fingerprint density at radius 2 is 2.11 bits per heavy atom. The number of aromatic amines is 1. The van der Waals surface area contributed by atoms with E-state index in [0.717, 1.165) is 37.4 Å². The molecule has 1 aliphatic heterocycles. The highest BCUT2D eigenvalue weighted by molar-refractivity contribution is 5.22. The van der Waals surface area contributed by atoms with Crippen LogP contribution in [0.5, 0.6) is 0 Å². The zero-order valence-corrected chi connectivity index (χ0v) is 11.2. The lowest BCUT2D eigenvalue weighted by molar-refractivity contribution is -0.0255. The van der Waals surface area contributed by atoms with Crippen LogP contribution in [0.25, 0.3) is 0 Å². The van der Waals surface area contributed by atoms with Gasteiger partial charge in [0.2, 0.25) is 0 Å². The topological polar surface area (TPSA) is 72.4 Å². The number of aryl methyl sites for hydroxylation is 2. The number of aromatic nitrogens is 2. The number of aliphatic hydroxyl groups excluding tert-OH is 1. The molecule has 1 aromatic rings. The first-order valence-electron chi connectivity index (χ1n) is 6.60. The second-order valence-electron chi connectivity index (χ2n) is 5.42. The summed E-state index contributed by atoms with van der Waals surface area (Å²) in [6.07, 6.45) is 2.25. The van der Waals surface area contributed by atoms with Crippen LogP contribution in [0.3, 0.4) is 0 Å². The number of H-pyrrole nitrogens is 1. The van der Waals surface area contributed by atoms with Gasteiger partial charge in [0.1, 0.15) is 0 Å². The third-order valence-corrected chi connectivity index (χ3v) is 3.97. The predicted molar refractivity (Wildman–Crippen MR) is 69.2 cm³/mol. The average molecular weight is 253 g/mol. The zero-order valence-electron chi connectivity index (χ0n) is 11.2. The first-order valence-corrected chi connectivity index (χ1v) is 6.60. The highest BCUT2D eigenvalue weighted by atomic mass is 16.3. The minimum Gasteiger partial charge on any atom is -0.393 e. The van der Waals surface area contributed by atoms with Crippen LogP contribution in [0.1, 0.15) is 36.2 Å². The molecule has 0 radical (unpaired) electrons. The van der Waals surface area contributed by atoms with E-state index < -0.39 is 5.60 Å². The Labute approximate surface area is 108 Å². The van der Waals surface area contributed by atoms with E-state index in [0.29, 0.717) is 12.8 Å². The van der Waals surface area contributed by atoms with Gasteiger partial charge < -0.3 is 10.2 Å². The fourth-order valence-corrected chi connectivity index (χ4v) is 2.58. The van der Waals surface area contributed by atoms with Gasteiger partial charge in [-0.15, -0.1) is 0 Å². The molecule has 1 unspecified atom stereocenters. The van der Waals surface area contributed by atoms with Gasteiger partial charge in [0, 0.05) is 24.3 Å². The molecule has 5 nitrogen and oxygen atoms in total. The molecule has 1 saturated heterocycles. The maximum Gasteiger partial charge on any atom is 0.0890 e. The van der Waals surface area contributed by atoms with Crippen LogP contribution in [0.4, 0.5) is 0 Å². The maximum absolute atomic E-state index is 10.1. The van der Waals surface area contributed by atoms with Crippen molar-refractivity contribution in [2.75, 3.05) is 19.7 Å². The summed E-state index contributed by atoms with van der Waals surface area (Å²) in [5.74, 6) is 0. The first kappa shape index (κ1) is 13.5. The molecule has 1 aromatic heterocycles. The number of aliphatic hydroxyl groups is 2. The molecule has 102 valence electrons. The molecule has 0 amide bonds. The molecular weight excluding hydrogens is 230 g/mol. The van der Waals surface area contributed by atoms with E-state index in [-0.39, 0.29) is 6.61 Å². The van der Waals surface area contributed by atoms with Crippen molar-refractivity contribution in [3.8, 4) is 0 Å². The number of hydrogen-bond donors (Lipinski definition) is 3. The molecule has 1 fully saturated rings. The molecule has 0 bridgehead atoms. The van der Waals surface area contributed by atoms with Gasteiger partial charge in [0.25, 0.3) is 0 Å². The van der Waals surface area contributed by atoms with Crippen LogP contribution in [0.15, 0.2) is 0 Å². The highest BCUT2D eigenvalue weighted by Gasteiger charge is 2.29. The Hall–Kier alpha value is -0.910. The first-order chi connectivity index (χ1) is 8.54. The largest absolute Gasteiger partial charge is 0.393 e. The molecule has 3 N–H and O–H groups in total. The highest BCUT2D eigenvalue weighted by Crippen LogP contribution is 2.23. The standard InChI is InChI=1S/C13H23N3O2/c1-10-12(11(2)15-14-10)8-16-6-3-4-13(18,9-17)5-7-16/h17-18H,3-9H2,1-2H3,(H,14,15). The molecule has 0 saturated carbocycles. The number of hydrogen-bond acceptors (Lipinski definition) is 4. The van der Waals surface area contributed by atoms with Crippen LogP contribution in [-0.2, 0) is 6.54 Å². The molecule has 5 heteroatoms. The van der Waals surface area contributed by atoms with E-state index in [1.807, 2.05) is 13.8 Å². The molecule has 0 aromatic carbocycles. The maximum atomic E-state index is 10.1. The van der Waals surface area contributed by atoms with Crippen molar-refractivity contribution in [1.29, 1.82) is 0 Å². The third kappa shape index (κ3) is 2.91. The van der Waals surface area contributed by atoms with Crippen LogP contribution in [0, 0.1) is 13.8 Å². The van der Waals surface area contributed by atoms with Crippen molar-refractivity contribution in [2.24, 2.45) is 0 Å². The molecule has 18 heavy (non-hydrogen) atoms. The van der Waals surface area contributed by atoms with Crippen molar-refractivity contribution in [3.05, 3.63) is 17.0 Å². The molecule has 0 aliphatic carbocycles. The Balaban J connectivity index is 1.99. The van der Waals surface area contributed by atoms with Crippen molar-refractivity contribution in [3.63, 3.8) is 0 Å². The Kier molecular flexibility index (Phi) is 4.04. The summed E-state index contributed by atoms with van der Waals surface area (Å²) >= 11 is 0. The van der Waals surface area contributed by atoms with Crippen molar-refractivity contribution < 1.29 is 10.2 Å². The van der Waals surface area contributed by atoms with Gasteiger partial charge in [-0.05, 0) is 39.7 Å². The van der Waals surface area contributed by atoms with Crippen molar-refractivity contribution in [1.82, 2.24) is 15.1 Å². The normalized spacial score (nSPS) is 26.2. The Bertz CT molecular complexity index is 385. The van der Waals surface area contributed by atoms with Gasteiger partial charge in [-0.1, -0.05) is 0 Å². The SMILES string of the molecule is Cc1n[nH]c(C)c1CN1CCCC(O)(CO)CC1. The Morgan fingerprint density at radius 1 is 1.33 bits per heavy atom. The molecule has 2 rings (SSSR count). The second kappa shape index (κ2) is 5.38. The van der Waals surface area contributed by atoms with E-state index in [9.17, 15) is 10.2 Å². The van der Waals surface area contributed by atoms with Crippen LogP contribution >= 0.6 is 0 Å². The minimum absolute atomic E-state index is 0.134. The smallest absolute Gasteiger partial charge is 0.0890 e. The number of nitrogens with zero attached hydrogens (tertiary/aromatic N) is 2. The van der Waals surface area contributed by atoms with E-state index in [1.54, 1.807) is 0 Å². The average Bonchev–Trinajstić information content (AvgIpc) is 2.57. The molecule has 0 spiro atoms. The van der Waals surface area contributed by atoms with Gasteiger partial charge in [0.05, 0.1) is 17.9 Å². The van der Waals surface area contributed by atoms with Gasteiger partial charge >= 0.3 is 0 Å². The van der Waals surface area contributed by atoms with E-state index in [4.69, 9.17) is 0 Å². The molecule has 2 heterocycles. The van der Waals surface area contributed by atoms with Crippen LogP contribution in [-0.4, -0.2) is 50.6 Å². The van der Waals surface area contributed by atoms with Crippen LogP contribution in [0.2, 0.25) is 0 Å². The zero-order chi connectivity index (χ0) is 13.2. The molecule has 1 atom stereocenters. The summed E-state index contributed by atoms with van der Waals surface area (Å²) < 4.78 is 0. The summed E-state index contributed by atoms with van der Waals surface area (Å²) in [6.45, 7) is 6.58. The molecule has 1 aliphatic rings. The predicted octanol–water partition coefficient (Wildman–Crippen LogP) is 0.736. The monoisotopic (exact) mass is 253 g/mol. The number of nitrogens with one attached hydrogen (secondary N) is 1. The van der Waals surface area contributed by atoms with Gasteiger partial charge in [-0.2, -0.15) is 5.10 Å². The van der Waals surface area contributed by atoms with E-state index >= 15 is 0 Å². The van der Waals surface area contributed by atoms with E-state index in [1.165, 1.54) is 5.56 Å². The lowest BCUT2D eigenvalue weighted by atomic mass is 9.96. The Morgan fingerprint density at radius 3 is 2.72 bits per heavy atom. The lowest BCUT2D eigenvalue weighted by Gasteiger charge is -2.24. The number of likely N-dealkylation sites (tertiary alicyclic amines) is 1. The van der Waals surface area contributed by atoms with Gasteiger partial charge in [-0.3, -0.25) is 10.00 Å². The summed E-state index contributed by atoms with van der Waals surface area (Å²) in [4.78, 5) is 2.33.